The third-order valence-electron chi connectivity index (χ3n) is 5.08. The zero-order chi connectivity index (χ0) is 21.9. The van der Waals surface area contributed by atoms with Gasteiger partial charge in [-0.2, -0.15) is 0 Å². The van der Waals surface area contributed by atoms with E-state index in [4.69, 9.17) is 15.2 Å². The van der Waals surface area contributed by atoms with E-state index in [9.17, 15) is 13.6 Å². The van der Waals surface area contributed by atoms with Crippen LogP contribution in [-0.2, 0) is 4.74 Å². The molecule has 0 radical (unpaired) electrons. The van der Waals surface area contributed by atoms with Gasteiger partial charge in [0, 0.05) is 6.20 Å². The average Bonchev–Trinajstić information content (AvgIpc) is 3.50. The zero-order valence-corrected chi connectivity index (χ0v) is 17.5. The van der Waals surface area contributed by atoms with Gasteiger partial charge in [0.05, 0.1) is 0 Å². The summed E-state index contributed by atoms with van der Waals surface area (Å²) in [6.45, 7) is 6.06. The van der Waals surface area contributed by atoms with Crippen LogP contribution in [0.1, 0.15) is 63.6 Å². The van der Waals surface area contributed by atoms with Crippen molar-refractivity contribution in [3.63, 3.8) is 0 Å². The van der Waals surface area contributed by atoms with Crippen LogP contribution in [0.25, 0.3) is 11.1 Å². The number of rotatable bonds is 9. The lowest BCUT2D eigenvalue weighted by molar-refractivity contribution is -0.0188. The highest BCUT2D eigenvalue weighted by atomic mass is 19.3. The third kappa shape index (κ3) is 5.68. The number of hydrogen-bond donors (Lipinski definition) is 1. The van der Waals surface area contributed by atoms with Crippen LogP contribution >= 0.6 is 0 Å². The van der Waals surface area contributed by atoms with E-state index in [1.165, 1.54) is 12.3 Å². The molecule has 2 N–H and O–H groups in total. The molecule has 1 amide bonds. The SMILES string of the molecule is CC(C)CC(C)(COc1ccc(-c2ccnc(C(F)F)c2)cc1C1CC1)OC(N)=O. The van der Waals surface area contributed by atoms with Gasteiger partial charge in [0.25, 0.3) is 6.43 Å². The molecule has 1 heterocycles. The Hall–Kier alpha value is -2.70. The summed E-state index contributed by atoms with van der Waals surface area (Å²) in [5.41, 5.74) is 6.74. The first-order valence-corrected chi connectivity index (χ1v) is 10.2. The van der Waals surface area contributed by atoms with Crippen LogP contribution in [0.4, 0.5) is 13.6 Å². The standard InChI is InChI=1S/C23H28F2N2O3/c1-14(2)12-23(3,30-22(26)28)13-29-20-7-6-16(10-18(20)15-4-5-15)17-8-9-27-19(11-17)21(24)25/h6-11,14-15,21H,4-5,12-13H2,1-3H3,(H2,26,28). The van der Waals surface area contributed by atoms with Gasteiger partial charge in [0.2, 0.25) is 0 Å². The molecule has 1 aromatic heterocycles. The first-order chi connectivity index (χ1) is 14.2. The molecule has 1 saturated carbocycles. The van der Waals surface area contributed by atoms with Gasteiger partial charge in [-0.15, -0.1) is 0 Å². The van der Waals surface area contributed by atoms with E-state index in [0.29, 0.717) is 29.6 Å². The fourth-order valence-corrected chi connectivity index (χ4v) is 3.79. The fraction of sp³-hybridized carbons (Fsp3) is 0.478. The number of hydrogen-bond acceptors (Lipinski definition) is 4. The van der Waals surface area contributed by atoms with E-state index in [1.807, 2.05) is 39.0 Å². The van der Waals surface area contributed by atoms with Crippen LogP contribution in [0.5, 0.6) is 5.75 Å². The number of ether oxygens (including phenoxy) is 2. The second-order valence-corrected chi connectivity index (χ2v) is 8.55. The Kier molecular flexibility index (Phi) is 6.58. The van der Waals surface area contributed by atoms with Crippen molar-refractivity contribution in [3.8, 4) is 16.9 Å². The van der Waals surface area contributed by atoms with E-state index in [-0.39, 0.29) is 12.3 Å². The minimum Gasteiger partial charge on any atom is -0.489 e. The number of carbonyl (C=O) groups excluding carboxylic acids is 1. The van der Waals surface area contributed by atoms with Crippen molar-refractivity contribution in [1.29, 1.82) is 0 Å². The Morgan fingerprint density at radius 1 is 1.23 bits per heavy atom. The Morgan fingerprint density at radius 2 is 1.93 bits per heavy atom. The van der Waals surface area contributed by atoms with Gasteiger partial charge in [-0.3, -0.25) is 4.98 Å². The minimum absolute atomic E-state index is 0.179. The highest BCUT2D eigenvalue weighted by Crippen LogP contribution is 2.46. The maximum atomic E-state index is 13.0. The lowest BCUT2D eigenvalue weighted by atomic mass is 9.94. The summed E-state index contributed by atoms with van der Waals surface area (Å²) in [5, 5.41) is 0. The molecule has 2 aromatic rings. The highest BCUT2D eigenvalue weighted by Gasteiger charge is 2.32. The zero-order valence-electron chi connectivity index (χ0n) is 17.5. The molecular weight excluding hydrogens is 390 g/mol. The molecule has 0 bridgehead atoms. The van der Waals surface area contributed by atoms with Crippen LogP contribution in [0.2, 0.25) is 0 Å². The Bertz CT molecular complexity index is 900. The molecule has 1 atom stereocenters. The third-order valence-corrected chi connectivity index (χ3v) is 5.08. The van der Waals surface area contributed by atoms with Crippen molar-refractivity contribution in [2.75, 3.05) is 6.61 Å². The predicted molar refractivity (Wildman–Crippen MR) is 111 cm³/mol. The van der Waals surface area contributed by atoms with Gasteiger partial charge in [-0.05, 0) is 79.0 Å². The summed E-state index contributed by atoms with van der Waals surface area (Å²) in [7, 11) is 0. The summed E-state index contributed by atoms with van der Waals surface area (Å²) in [4.78, 5) is 15.1. The average molecular weight is 418 g/mol. The number of primary amides is 1. The predicted octanol–water partition coefficient (Wildman–Crippen LogP) is 5.84. The number of carbonyl (C=O) groups is 1. The smallest absolute Gasteiger partial charge is 0.405 e. The largest absolute Gasteiger partial charge is 0.489 e. The lowest BCUT2D eigenvalue weighted by Crippen LogP contribution is -2.41. The summed E-state index contributed by atoms with van der Waals surface area (Å²) in [6, 6.07) is 8.83. The van der Waals surface area contributed by atoms with Gasteiger partial charge in [0.15, 0.2) is 0 Å². The van der Waals surface area contributed by atoms with Crippen LogP contribution in [0.15, 0.2) is 36.5 Å². The van der Waals surface area contributed by atoms with Crippen LogP contribution in [0, 0.1) is 5.92 Å². The van der Waals surface area contributed by atoms with Gasteiger partial charge in [0.1, 0.15) is 23.7 Å². The molecule has 7 heteroatoms. The molecule has 162 valence electrons. The molecule has 1 aromatic carbocycles. The van der Waals surface area contributed by atoms with Crippen molar-refractivity contribution in [1.82, 2.24) is 4.98 Å². The molecular formula is C23H28F2N2O3. The first-order valence-electron chi connectivity index (χ1n) is 10.2. The molecule has 1 unspecified atom stereocenters. The van der Waals surface area contributed by atoms with Crippen LogP contribution < -0.4 is 10.5 Å². The van der Waals surface area contributed by atoms with Gasteiger partial charge >= 0.3 is 6.09 Å². The normalized spacial score (nSPS) is 15.8. The van der Waals surface area contributed by atoms with E-state index < -0.39 is 18.1 Å². The fourth-order valence-electron chi connectivity index (χ4n) is 3.79. The Balaban J connectivity index is 1.84. The van der Waals surface area contributed by atoms with Crippen molar-refractivity contribution >= 4 is 6.09 Å². The lowest BCUT2D eigenvalue weighted by Gasteiger charge is -2.30. The summed E-state index contributed by atoms with van der Waals surface area (Å²) in [6.07, 6.45) is 0.682. The molecule has 0 spiro atoms. The Morgan fingerprint density at radius 3 is 2.53 bits per heavy atom. The summed E-state index contributed by atoms with van der Waals surface area (Å²) < 4.78 is 37.5. The van der Waals surface area contributed by atoms with Crippen LogP contribution in [0.3, 0.4) is 0 Å². The molecule has 1 fully saturated rings. The van der Waals surface area contributed by atoms with Crippen LogP contribution in [-0.4, -0.2) is 23.3 Å². The quantitative estimate of drug-likeness (QED) is 0.555. The van der Waals surface area contributed by atoms with E-state index >= 15 is 0 Å². The van der Waals surface area contributed by atoms with Gasteiger partial charge < -0.3 is 15.2 Å². The van der Waals surface area contributed by atoms with Gasteiger partial charge in [-0.25, -0.2) is 13.6 Å². The number of aromatic nitrogens is 1. The monoisotopic (exact) mass is 418 g/mol. The van der Waals surface area contributed by atoms with Crippen molar-refractivity contribution in [2.45, 2.75) is 58.0 Å². The minimum atomic E-state index is -2.61. The van der Waals surface area contributed by atoms with Crippen molar-refractivity contribution < 1.29 is 23.0 Å². The Labute approximate surface area is 175 Å². The second kappa shape index (κ2) is 8.98. The van der Waals surface area contributed by atoms with E-state index in [0.717, 1.165) is 24.0 Å². The number of alkyl halides is 2. The summed E-state index contributed by atoms with van der Waals surface area (Å²) >= 11 is 0. The van der Waals surface area contributed by atoms with Crippen molar-refractivity contribution in [2.24, 2.45) is 11.7 Å². The molecule has 5 nitrogen and oxygen atoms in total. The molecule has 1 aliphatic rings. The molecule has 1 aliphatic carbocycles. The molecule has 3 rings (SSSR count). The first kappa shape index (κ1) is 22.0. The number of nitrogens with two attached hydrogens (primary N) is 1. The van der Waals surface area contributed by atoms with E-state index in [2.05, 4.69) is 4.98 Å². The number of nitrogens with zero attached hydrogens (tertiary/aromatic N) is 1. The van der Waals surface area contributed by atoms with Gasteiger partial charge in [-0.1, -0.05) is 19.9 Å². The maximum absolute atomic E-state index is 13.0. The highest BCUT2D eigenvalue weighted by molar-refractivity contribution is 5.67. The topological polar surface area (TPSA) is 74.4 Å². The summed E-state index contributed by atoms with van der Waals surface area (Å²) in [5.74, 6) is 1.39. The molecule has 0 saturated heterocycles. The molecule has 30 heavy (non-hydrogen) atoms. The number of pyridine rings is 1. The molecule has 0 aliphatic heterocycles. The number of benzene rings is 1. The maximum Gasteiger partial charge on any atom is 0.405 e. The second-order valence-electron chi connectivity index (χ2n) is 8.55. The van der Waals surface area contributed by atoms with Crippen molar-refractivity contribution in [3.05, 3.63) is 47.8 Å². The number of halogens is 2. The number of amides is 1. The van der Waals surface area contributed by atoms with E-state index in [1.54, 1.807) is 6.07 Å².